The van der Waals surface area contributed by atoms with Crippen LogP contribution in [0.25, 0.3) is 16.6 Å². The van der Waals surface area contributed by atoms with Gasteiger partial charge in [0.05, 0.1) is 12.3 Å². The molecule has 0 amide bonds. The van der Waals surface area contributed by atoms with Crippen LogP contribution in [0.15, 0.2) is 48.7 Å². The highest BCUT2D eigenvalue weighted by Gasteiger charge is 2.31. The van der Waals surface area contributed by atoms with E-state index in [0.29, 0.717) is 41.2 Å². The number of nitrogens with one attached hydrogen (secondary N) is 2. The number of nitrogens with two attached hydrogens (primary N) is 2. The van der Waals surface area contributed by atoms with Gasteiger partial charge in [-0.25, -0.2) is 15.0 Å². The number of hydrazine groups is 1. The lowest BCUT2D eigenvalue weighted by atomic mass is 9.96. The van der Waals surface area contributed by atoms with Crippen LogP contribution in [0.4, 0.5) is 23.2 Å². The van der Waals surface area contributed by atoms with Gasteiger partial charge in [0.1, 0.15) is 17.3 Å². The Morgan fingerprint density at radius 2 is 1.88 bits per heavy atom. The van der Waals surface area contributed by atoms with Crippen molar-refractivity contribution in [3.8, 4) is 5.75 Å². The summed E-state index contributed by atoms with van der Waals surface area (Å²) in [6.07, 6.45) is -1.32. The first-order chi connectivity index (χ1) is 20.4. The minimum Gasteiger partial charge on any atom is -0.461 e. The average molecular weight is 607 g/mol. The number of aromatic amines is 1. The normalized spacial score (nSPS) is 15.2. The minimum absolute atomic E-state index is 0.145. The number of nitrogens with zero attached hydrogens (tertiary/aromatic N) is 2. The second-order valence-corrected chi connectivity index (χ2v) is 11.1. The van der Waals surface area contributed by atoms with E-state index >= 15 is 0 Å². The van der Waals surface area contributed by atoms with E-state index in [4.69, 9.17) is 16.3 Å². The molecule has 1 saturated heterocycles. The van der Waals surface area contributed by atoms with E-state index in [1.54, 1.807) is 24.4 Å². The minimum atomic E-state index is -4.71. The number of carbonyl (C=O) groups is 1. The predicted molar refractivity (Wildman–Crippen MR) is 157 cm³/mol. The number of rotatable bonds is 12. The zero-order chi connectivity index (χ0) is 31.1. The molecule has 1 fully saturated rings. The van der Waals surface area contributed by atoms with Crippen molar-refractivity contribution >= 4 is 28.3 Å². The van der Waals surface area contributed by atoms with Gasteiger partial charge < -0.3 is 35.4 Å². The van der Waals surface area contributed by atoms with Crippen molar-refractivity contribution in [2.45, 2.75) is 33.1 Å². The van der Waals surface area contributed by atoms with Gasteiger partial charge in [-0.15, -0.1) is 13.2 Å². The number of hydrogen-bond donors (Lipinski definition) is 4. The maximum absolute atomic E-state index is 14.1. The number of likely N-dealkylation sites (tertiary alicyclic amines) is 1. The highest BCUT2D eigenvalue weighted by atomic mass is 19.4. The van der Waals surface area contributed by atoms with E-state index in [1.807, 2.05) is 13.8 Å². The first-order valence-electron chi connectivity index (χ1n) is 14.2. The topological polar surface area (TPSA) is 122 Å². The molecule has 0 spiro atoms. The lowest BCUT2D eigenvalue weighted by molar-refractivity contribution is -0.274. The number of anilines is 1. The quantitative estimate of drug-likeness (QED) is 0.0952. The van der Waals surface area contributed by atoms with Gasteiger partial charge in [-0.05, 0) is 80.2 Å². The molecule has 1 aromatic heterocycles. The van der Waals surface area contributed by atoms with Gasteiger partial charge >= 0.3 is 12.3 Å². The van der Waals surface area contributed by atoms with Crippen LogP contribution in [0, 0.1) is 17.7 Å². The number of fused-ring (bicyclic) bond motifs is 1. The number of esters is 1. The van der Waals surface area contributed by atoms with Crippen LogP contribution in [0.5, 0.6) is 5.75 Å². The van der Waals surface area contributed by atoms with Gasteiger partial charge in [-0.3, -0.25) is 0 Å². The molecule has 43 heavy (non-hydrogen) atoms. The summed E-state index contributed by atoms with van der Waals surface area (Å²) in [5.41, 5.74) is 8.42. The third-order valence-electron chi connectivity index (χ3n) is 7.13. The third kappa shape index (κ3) is 9.26. The van der Waals surface area contributed by atoms with E-state index in [0.717, 1.165) is 32.5 Å². The Hall–Kier alpha value is -3.97. The highest BCUT2D eigenvalue weighted by molar-refractivity contribution is 6.04. The number of aromatic nitrogens is 1. The molecule has 0 bridgehead atoms. The van der Waals surface area contributed by atoms with Gasteiger partial charge in [0.2, 0.25) is 0 Å². The lowest BCUT2D eigenvalue weighted by Crippen LogP contribution is -2.41. The molecule has 9 nitrogen and oxygen atoms in total. The van der Waals surface area contributed by atoms with E-state index in [1.165, 1.54) is 29.3 Å². The number of alkyl halides is 3. The molecule has 13 heteroatoms. The van der Waals surface area contributed by atoms with Crippen LogP contribution in [0.1, 0.15) is 42.7 Å². The first-order valence-corrected chi connectivity index (χ1v) is 14.2. The van der Waals surface area contributed by atoms with Gasteiger partial charge in [0, 0.05) is 48.0 Å². The molecule has 6 N–H and O–H groups in total. The fourth-order valence-corrected chi connectivity index (χ4v) is 5.05. The molecule has 1 aliphatic rings. The van der Waals surface area contributed by atoms with Crippen LogP contribution in [0.3, 0.4) is 0 Å². The smallest absolute Gasteiger partial charge is 0.461 e. The second kappa shape index (κ2) is 14.0. The fraction of sp³-hybridized carbons (Fsp3) is 0.433. The van der Waals surface area contributed by atoms with Crippen molar-refractivity contribution in [1.82, 2.24) is 14.9 Å². The second-order valence-electron chi connectivity index (χ2n) is 11.1. The summed E-state index contributed by atoms with van der Waals surface area (Å²) in [5, 5.41) is 5.18. The molecule has 4 rings (SSSR count). The zero-order valence-corrected chi connectivity index (χ0v) is 24.2. The van der Waals surface area contributed by atoms with Gasteiger partial charge in [-0.2, -0.15) is 0 Å². The number of hydrogen-bond acceptors (Lipinski definition) is 8. The average Bonchev–Trinajstić information content (AvgIpc) is 3.31. The highest BCUT2D eigenvalue weighted by Crippen LogP contribution is 2.29. The van der Waals surface area contributed by atoms with E-state index < -0.39 is 18.1 Å². The van der Waals surface area contributed by atoms with Crippen LogP contribution in [-0.4, -0.2) is 66.6 Å². The van der Waals surface area contributed by atoms with Crippen molar-refractivity contribution in [2.75, 3.05) is 44.6 Å². The third-order valence-corrected chi connectivity index (χ3v) is 7.13. The van der Waals surface area contributed by atoms with Crippen molar-refractivity contribution < 1.29 is 31.8 Å². The SMILES string of the molecule is CC(C)COC(=O)c1[nH]c2ccc(F)cc2c1/C(N)=C/N(N)CC1CCN(CCNc2ccc(OC(F)(F)F)cc2)CC1. The van der Waals surface area contributed by atoms with E-state index in [9.17, 15) is 22.4 Å². The maximum atomic E-state index is 14.1. The van der Waals surface area contributed by atoms with E-state index in [2.05, 4.69) is 19.9 Å². The zero-order valence-electron chi connectivity index (χ0n) is 24.2. The number of carbonyl (C=O) groups excluding carboxylic acids is 1. The molecule has 2 heterocycles. The fourth-order valence-electron chi connectivity index (χ4n) is 5.05. The Balaban J connectivity index is 1.29. The number of halogens is 4. The summed E-state index contributed by atoms with van der Waals surface area (Å²) in [6, 6.07) is 9.82. The van der Waals surface area contributed by atoms with Crippen molar-refractivity contribution in [3.63, 3.8) is 0 Å². The Morgan fingerprint density at radius 1 is 1.19 bits per heavy atom. The van der Waals surface area contributed by atoms with Crippen molar-refractivity contribution in [2.24, 2.45) is 23.4 Å². The Bertz CT molecular complexity index is 1400. The number of ether oxygens (including phenoxy) is 2. The summed E-state index contributed by atoms with van der Waals surface area (Å²) in [5.74, 6) is 5.49. The van der Waals surface area contributed by atoms with Gasteiger partial charge in [-0.1, -0.05) is 13.8 Å². The van der Waals surface area contributed by atoms with Gasteiger partial charge in [0.25, 0.3) is 0 Å². The molecule has 234 valence electrons. The molecule has 0 saturated carbocycles. The Morgan fingerprint density at radius 3 is 2.53 bits per heavy atom. The van der Waals surface area contributed by atoms with Crippen LogP contribution >= 0.6 is 0 Å². The van der Waals surface area contributed by atoms with Gasteiger partial charge in [0.15, 0.2) is 0 Å². The number of H-pyrrole nitrogens is 1. The van der Waals surface area contributed by atoms with E-state index in [-0.39, 0.29) is 29.7 Å². The Kier molecular flexibility index (Phi) is 10.4. The monoisotopic (exact) mass is 606 g/mol. The maximum Gasteiger partial charge on any atom is 0.573 e. The molecule has 0 aliphatic carbocycles. The molecule has 0 unspecified atom stereocenters. The summed E-state index contributed by atoms with van der Waals surface area (Å²) in [6.45, 7) is 7.79. The number of benzene rings is 2. The molecule has 3 aromatic rings. The summed E-state index contributed by atoms with van der Waals surface area (Å²) >= 11 is 0. The molecular formula is C30H38F4N6O3. The summed E-state index contributed by atoms with van der Waals surface area (Å²) < 4.78 is 60.4. The largest absolute Gasteiger partial charge is 0.573 e. The molecular weight excluding hydrogens is 568 g/mol. The molecule has 0 atom stereocenters. The first kappa shape index (κ1) is 32.0. The number of piperidine rings is 1. The molecule has 2 aromatic carbocycles. The lowest BCUT2D eigenvalue weighted by Gasteiger charge is -2.33. The standard InChI is InChI=1S/C30H38F4N6O3/c1-19(2)18-42-29(41)28-27(24-15-21(31)3-8-26(24)38-28)25(35)17-40(36)16-20-9-12-39(13-10-20)14-11-37-22-4-6-23(7-5-22)43-30(32,33)34/h3-8,15,17,19-20,37-38H,9-14,16,18,35-36H2,1-2H3/b25-17-. The summed E-state index contributed by atoms with van der Waals surface area (Å²) in [4.78, 5) is 18.2. The molecule has 0 radical (unpaired) electrons. The van der Waals surface area contributed by atoms with Crippen molar-refractivity contribution in [1.29, 1.82) is 0 Å². The predicted octanol–water partition coefficient (Wildman–Crippen LogP) is 5.28. The molecule has 1 aliphatic heterocycles. The van der Waals surface area contributed by atoms with Crippen LogP contribution < -0.4 is 21.6 Å². The Labute approximate surface area is 247 Å². The van der Waals surface area contributed by atoms with Crippen LogP contribution in [0.2, 0.25) is 0 Å². The van der Waals surface area contributed by atoms with Crippen LogP contribution in [-0.2, 0) is 4.74 Å². The summed E-state index contributed by atoms with van der Waals surface area (Å²) in [7, 11) is 0. The van der Waals surface area contributed by atoms with Crippen molar-refractivity contribution in [3.05, 3.63) is 65.7 Å².